The molecule has 0 radical (unpaired) electrons. The summed E-state index contributed by atoms with van der Waals surface area (Å²) in [5, 5.41) is 8.36. The van der Waals surface area contributed by atoms with Crippen LogP contribution in [0.5, 0.6) is 0 Å². The molecule has 1 unspecified atom stereocenters. The van der Waals surface area contributed by atoms with E-state index in [2.05, 4.69) is 0 Å². The summed E-state index contributed by atoms with van der Waals surface area (Å²) in [5.41, 5.74) is -0.285. The van der Waals surface area contributed by atoms with Crippen LogP contribution in [0.25, 0.3) is 0 Å². The molecule has 82 valence electrons. The van der Waals surface area contributed by atoms with Gasteiger partial charge in [-0.05, 0) is 18.6 Å². The number of hydrogen-bond acceptors (Lipinski definition) is 1. The summed E-state index contributed by atoms with van der Waals surface area (Å²) in [7, 11) is 0. The zero-order chi connectivity index (χ0) is 11.6. The van der Waals surface area contributed by atoms with Gasteiger partial charge in [0.15, 0.2) is 0 Å². The number of halogens is 3. The van der Waals surface area contributed by atoms with Crippen LogP contribution in [-0.4, -0.2) is 11.1 Å². The van der Waals surface area contributed by atoms with Crippen LogP contribution in [-0.2, 0) is 4.79 Å². The summed E-state index contributed by atoms with van der Waals surface area (Å²) < 4.78 is 26.3. The Bertz CT molecular complexity index is 393. The summed E-state index contributed by atoms with van der Waals surface area (Å²) in [6.07, 6.45) is 0.148. The number of rotatable bonds is 3. The summed E-state index contributed by atoms with van der Waals surface area (Å²) in [5.74, 6) is -3.94. The molecule has 0 aliphatic heterocycles. The molecule has 1 aromatic rings. The minimum atomic E-state index is -1.22. The van der Waals surface area contributed by atoms with Crippen LogP contribution in [0.2, 0.25) is 5.02 Å². The molecule has 0 fully saturated rings. The molecule has 1 rings (SSSR count). The maximum absolute atomic E-state index is 13.3. The predicted octanol–water partition coefficient (Wildman–Crippen LogP) is 3.20. The molecule has 0 spiro atoms. The van der Waals surface area contributed by atoms with Crippen LogP contribution in [0.4, 0.5) is 8.78 Å². The molecule has 0 aliphatic rings. The van der Waals surface area contributed by atoms with E-state index in [4.69, 9.17) is 16.7 Å². The molecule has 1 aromatic carbocycles. The summed E-state index contributed by atoms with van der Waals surface area (Å²) in [6, 6.07) is 1.75. The maximum atomic E-state index is 13.3. The first-order valence-electron chi connectivity index (χ1n) is 4.35. The van der Waals surface area contributed by atoms with Gasteiger partial charge in [0, 0.05) is 5.56 Å². The van der Waals surface area contributed by atoms with Crippen LogP contribution in [0, 0.1) is 11.6 Å². The quantitative estimate of drug-likeness (QED) is 0.816. The Morgan fingerprint density at radius 1 is 1.47 bits per heavy atom. The van der Waals surface area contributed by atoms with E-state index in [1.165, 1.54) is 0 Å². The normalized spacial score (nSPS) is 12.5. The van der Waals surface area contributed by atoms with Gasteiger partial charge in [-0.15, -0.1) is 0 Å². The lowest BCUT2D eigenvalue weighted by Crippen LogP contribution is -2.13. The Labute approximate surface area is 90.5 Å². The number of hydrogen-bond donors (Lipinski definition) is 1. The number of carboxylic acid groups (broad SMARTS) is 1. The highest BCUT2D eigenvalue weighted by molar-refractivity contribution is 6.31. The summed E-state index contributed by atoms with van der Waals surface area (Å²) in [6.45, 7) is 1.57. The zero-order valence-electron chi connectivity index (χ0n) is 7.93. The van der Waals surface area contributed by atoms with Crippen molar-refractivity contribution >= 4 is 17.6 Å². The first-order valence-corrected chi connectivity index (χ1v) is 4.73. The van der Waals surface area contributed by atoms with E-state index in [0.717, 1.165) is 12.1 Å². The molecule has 5 heteroatoms. The van der Waals surface area contributed by atoms with Gasteiger partial charge in [0.1, 0.15) is 11.6 Å². The second kappa shape index (κ2) is 4.57. The molecule has 0 heterocycles. The largest absolute Gasteiger partial charge is 0.481 e. The SMILES string of the molecule is CCC(C(=O)O)c1c(F)ccc(F)c1Cl. The number of aliphatic carboxylic acids is 1. The molecule has 0 saturated carbocycles. The van der Waals surface area contributed by atoms with Gasteiger partial charge in [0.2, 0.25) is 0 Å². The van der Waals surface area contributed by atoms with Crippen molar-refractivity contribution in [1.29, 1.82) is 0 Å². The van der Waals surface area contributed by atoms with Crippen molar-refractivity contribution in [3.63, 3.8) is 0 Å². The van der Waals surface area contributed by atoms with Crippen LogP contribution < -0.4 is 0 Å². The third kappa shape index (κ3) is 2.26. The van der Waals surface area contributed by atoms with Gasteiger partial charge in [-0.3, -0.25) is 4.79 Å². The van der Waals surface area contributed by atoms with Gasteiger partial charge < -0.3 is 5.11 Å². The number of benzene rings is 1. The van der Waals surface area contributed by atoms with E-state index in [0.29, 0.717) is 0 Å². The summed E-state index contributed by atoms with van der Waals surface area (Å²) in [4.78, 5) is 10.8. The molecule has 15 heavy (non-hydrogen) atoms. The highest BCUT2D eigenvalue weighted by atomic mass is 35.5. The highest BCUT2D eigenvalue weighted by Gasteiger charge is 2.25. The lowest BCUT2D eigenvalue weighted by molar-refractivity contribution is -0.138. The van der Waals surface area contributed by atoms with Gasteiger partial charge in [-0.2, -0.15) is 0 Å². The van der Waals surface area contributed by atoms with E-state index < -0.39 is 28.5 Å². The van der Waals surface area contributed by atoms with Crippen LogP contribution in [0.1, 0.15) is 24.8 Å². The average Bonchev–Trinajstić information content (AvgIpc) is 2.18. The van der Waals surface area contributed by atoms with Crippen molar-refractivity contribution in [2.24, 2.45) is 0 Å². The molecule has 0 aliphatic carbocycles. The second-order valence-corrected chi connectivity index (χ2v) is 3.43. The lowest BCUT2D eigenvalue weighted by atomic mass is 9.96. The lowest BCUT2D eigenvalue weighted by Gasteiger charge is -2.13. The van der Waals surface area contributed by atoms with E-state index in [1.54, 1.807) is 6.92 Å². The average molecular weight is 235 g/mol. The molecule has 0 saturated heterocycles. The molecular weight excluding hydrogens is 226 g/mol. The third-order valence-electron chi connectivity index (χ3n) is 2.13. The summed E-state index contributed by atoms with van der Waals surface area (Å²) >= 11 is 5.54. The first-order chi connectivity index (χ1) is 6.99. The number of carbonyl (C=O) groups is 1. The van der Waals surface area contributed by atoms with Crippen LogP contribution in [0.3, 0.4) is 0 Å². The van der Waals surface area contributed by atoms with Gasteiger partial charge >= 0.3 is 5.97 Å². The molecule has 2 nitrogen and oxygen atoms in total. The zero-order valence-corrected chi connectivity index (χ0v) is 8.68. The highest BCUT2D eigenvalue weighted by Crippen LogP contribution is 2.31. The maximum Gasteiger partial charge on any atom is 0.311 e. The third-order valence-corrected chi connectivity index (χ3v) is 2.52. The van der Waals surface area contributed by atoms with Crippen molar-refractivity contribution in [3.8, 4) is 0 Å². The van der Waals surface area contributed by atoms with E-state index in [-0.39, 0.29) is 12.0 Å². The Morgan fingerprint density at radius 3 is 2.47 bits per heavy atom. The Morgan fingerprint density at radius 2 is 2.00 bits per heavy atom. The molecule has 0 amide bonds. The van der Waals surface area contributed by atoms with Gasteiger partial charge in [-0.1, -0.05) is 18.5 Å². The van der Waals surface area contributed by atoms with Gasteiger partial charge in [0.25, 0.3) is 0 Å². The minimum Gasteiger partial charge on any atom is -0.481 e. The van der Waals surface area contributed by atoms with E-state index in [1.807, 2.05) is 0 Å². The Kier molecular flexibility index (Phi) is 3.63. The molecular formula is C10H9ClF2O2. The number of carboxylic acids is 1. The van der Waals surface area contributed by atoms with Crippen molar-refractivity contribution in [1.82, 2.24) is 0 Å². The fourth-order valence-corrected chi connectivity index (χ4v) is 1.65. The van der Waals surface area contributed by atoms with E-state index in [9.17, 15) is 13.6 Å². The van der Waals surface area contributed by atoms with Crippen molar-refractivity contribution < 1.29 is 18.7 Å². The molecule has 0 aromatic heterocycles. The Balaban J connectivity index is 3.34. The van der Waals surface area contributed by atoms with Crippen LogP contribution in [0.15, 0.2) is 12.1 Å². The topological polar surface area (TPSA) is 37.3 Å². The molecule has 1 atom stereocenters. The minimum absolute atomic E-state index is 0.148. The van der Waals surface area contributed by atoms with Gasteiger partial charge in [-0.25, -0.2) is 8.78 Å². The van der Waals surface area contributed by atoms with Gasteiger partial charge in [0.05, 0.1) is 10.9 Å². The van der Waals surface area contributed by atoms with Crippen LogP contribution >= 0.6 is 11.6 Å². The van der Waals surface area contributed by atoms with Crippen molar-refractivity contribution in [3.05, 3.63) is 34.4 Å². The standard InChI is InChI=1S/C10H9ClF2O2/c1-2-5(10(14)15)8-6(12)3-4-7(13)9(8)11/h3-5H,2H2,1H3,(H,14,15). The first kappa shape index (κ1) is 11.9. The fourth-order valence-electron chi connectivity index (χ4n) is 1.36. The predicted molar refractivity (Wildman–Crippen MR) is 52.0 cm³/mol. The second-order valence-electron chi connectivity index (χ2n) is 3.06. The molecule has 1 N–H and O–H groups in total. The monoisotopic (exact) mass is 234 g/mol. The Hall–Kier alpha value is -1.16. The smallest absolute Gasteiger partial charge is 0.311 e. The van der Waals surface area contributed by atoms with Crippen molar-refractivity contribution in [2.75, 3.05) is 0 Å². The fraction of sp³-hybridized carbons (Fsp3) is 0.300. The van der Waals surface area contributed by atoms with E-state index >= 15 is 0 Å². The molecule has 0 bridgehead atoms. The van der Waals surface area contributed by atoms with Crippen molar-refractivity contribution in [2.45, 2.75) is 19.3 Å².